The normalized spacial score (nSPS) is 13.7. The Hall–Kier alpha value is -3.81. The lowest BCUT2D eigenvalue weighted by atomic mass is 10.0. The maximum atomic E-state index is 13.2. The number of aromatic nitrogens is 2. The number of carbonyl (C=O) groups is 2. The van der Waals surface area contributed by atoms with Crippen LogP contribution in [0.4, 0.5) is 10.5 Å². The Kier molecular flexibility index (Phi) is 7.39. The number of hydrogen-bond donors (Lipinski definition) is 3. The van der Waals surface area contributed by atoms with Crippen LogP contribution in [0.3, 0.4) is 0 Å². The van der Waals surface area contributed by atoms with Gasteiger partial charge in [0.15, 0.2) is 0 Å². The molecule has 0 bridgehead atoms. The molecule has 4 rings (SSSR count). The van der Waals surface area contributed by atoms with Crippen molar-refractivity contribution in [3.63, 3.8) is 0 Å². The van der Waals surface area contributed by atoms with Gasteiger partial charge in [-0.25, -0.2) is 4.79 Å². The summed E-state index contributed by atoms with van der Waals surface area (Å²) in [5.74, 6) is 0.737. The van der Waals surface area contributed by atoms with E-state index in [0.29, 0.717) is 23.5 Å². The van der Waals surface area contributed by atoms with Gasteiger partial charge in [0.1, 0.15) is 11.5 Å². The number of carbonyl (C=O) groups excluding carboxylic acids is 2. The average molecular weight is 477 g/mol. The Labute approximate surface area is 205 Å². The number of rotatable bonds is 7. The van der Waals surface area contributed by atoms with Crippen molar-refractivity contribution in [3.05, 3.63) is 59.8 Å². The van der Waals surface area contributed by atoms with E-state index in [9.17, 15) is 14.7 Å². The predicted molar refractivity (Wildman–Crippen MR) is 135 cm³/mol. The summed E-state index contributed by atoms with van der Waals surface area (Å²) < 4.78 is 6.61. The monoisotopic (exact) mass is 476 g/mol. The number of anilines is 1. The van der Waals surface area contributed by atoms with Gasteiger partial charge < -0.3 is 20.5 Å². The van der Waals surface area contributed by atoms with Crippen LogP contribution in [0, 0.1) is 5.92 Å². The molecule has 0 atom stereocenters. The first-order chi connectivity index (χ1) is 16.9. The van der Waals surface area contributed by atoms with E-state index in [-0.39, 0.29) is 29.5 Å². The number of ether oxygens (including phenoxy) is 1. The Balaban J connectivity index is 1.61. The molecule has 184 valence electrons. The molecular formula is C27H32N4O4. The zero-order valence-corrected chi connectivity index (χ0v) is 20.4. The highest BCUT2D eigenvalue weighted by Gasteiger charge is 2.26. The van der Waals surface area contributed by atoms with Crippen LogP contribution >= 0.6 is 0 Å². The first-order valence-electron chi connectivity index (χ1n) is 12.0. The lowest BCUT2D eigenvalue weighted by Gasteiger charge is -2.12. The smallest absolute Gasteiger partial charge is 0.342 e. The third-order valence-electron chi connectivity index (χ3n) is 6.37. The second-order valence-electron chi connectivity index (χ2n) is 9.23. The van der Waals surface area contributed by atoms with Crippen LogP contribution in [0.2, 0.25) is 0 Å². The number of phenols is 1. The van der Waals surface area contributed by atoms with Crippen molar-refractivity contribution in [2.45, 2.75) is 52.0 Å². The first kappa shape index (κ1) is 24.3. The van der Waals surface area contributed by atoms with E-state index in [0.717, 1.165) is 42.7 Å². The molecule has 3 N–H and O–H groups in total. The van der Waals surface area contributed by atoms with Gasteiger partial charge in [-0.2, -0.15) is 9.78 Å². The Morgan fingerprint density at radius 1 is 1.11 bits per heavy atom. The van der Waals surface area contributed by atoms with Gasteiger partial charge in [-0.3, -0.25) is 4.79 Å². The standard InChI is InChI=1S/C27H32N4O4/c1-17(2)26(33)29-20-10-13-25(32)22(14-20)23-15-24(19-6-4-5-7-19)31(30-23)27(34)28-16-18-8-11-21(35-3)12-9-18/h8-15,17,19,32H,4-7,16H2,1-3H3,(H,28,34)(H,29,33). The van der Waals surface area contributed by atoms with Crippen LogP contribution in [0.5, 0.6) is 11.5 Å². The van der Waals surface area contributed by atoms with E-state index in [2.05, 4.69) is 15.7 Å². The molecule has 35 heavy (non-hydrogen) atoms. The molecule has 0 aliphatic heterocycles. The molecule has 1 saturated carbocycles. The van der Waals surface area contributed by atoms with Crippen LogP contribution in [0.15, 0.2) is 48.5 Å². The minimum atomic E-state index is -0.322. The highest BCUT2D eigenvalue weighted by atomic mass is 16.5. The number of benzene rings is 2. The SMILES string of the molecule is COc1ccc(CNC(=O)n2nc(-c3cc(NC(=O)C(C)C)ccc3O)cc2C2CCCC2)cc1. The summed E-state index contributed by atoms with van der Waals surface area (Å²) in [5, 5.41) is 20.9. The molecule has 1 fully saturated rings. The second kappa shape index (κ2) is 10.6. The molecule has 2 aromatic carbocycles. The second-order valence-corrected chi connectivity index (χ2v) is 9.23. The fourth-order valence-electron chi connectivity index (χ4n) is 4.30. The molecule has 1 aliphatic carbocycles. The lowest BCUT2D eigenvalue weighted by molar-refractivity contribution is -0.118. The van der Waals surface area contributed by atoms with E-state index < -0.39 is 0 Å². The summed E-state index contributed by atoms with van der Waals surface area (Å²) in [4.78, 5) is 25.3. The largest absolute Gasteiger partial charge is 0.507 e. The van der Waals surface area contributed by atoms with Crippen LogP contribution < -0.4 is 15.4 Å². The van der Waals surface area contributed by atoms with Crippen molar-refractivity contribution in [3.8, 4) is 22.8 Å². The molecule has 8 nitrogen and oxygen atoms in total. The molecule has 3 aromatic rings. The number of hydrogen-bond acceptors (Lipinski definition) is 5. The first-order valence-corrected chi connectivity index (χ1v) is 12.0. The maximum absolute atomic E-state index is 13.2. The molecule has 0 spiro atoms. The third kappa shape index (κ3) is 5.65. The van der Waals surface area contributed by atoms with Gasteiger partial charge in [-0.05, 0) is 54.8 Å². The van der Waals surface area contributed by atoms with Crippen LogP contribution in [0.1, 0.15) is 56.7 Å². The van der Waals surface area contributed by atoms with E-state index in [1.807, 2.05) is 44.2 Å². The fraction of sp³-hybridized carbons (Fsp3) is 0.370. The van der Waals surface area contributed by atoms with E-state index in [1.54, 1.807) is 19.2 Å². The number of aromatic hydroxyl groups is 1. The Morgan fingerprint density at radius 2 is 1.83 bits per heavy atom. The van der Waals surface area contributed by atoms with Crippen molar-refractivity contribution >= 4 is 17.6 Å². The van der Waals surface area contributed by atoms with Crippen LogP contribution in [0.25, 0.3) is 11.3 Å². The molecule has 2 amide bonds. The molecule has 0 saturated heterocycles. The fourth-order valence-corrected chi connectivity index (χ4v) is 4.30. The third-order valence-corrected chi connectivity index (χ3v) is 6.37. The van der Waals surface area contributed by atoms with Gasteiger partial charge in [0.2, 0.25) is 5.91 Å². The van der Waals surface area contributed by atoms with Crippen molar-refractivity contribution < 1.29 is 19.4 Å². The van der Waals surface area contributed by atoms with Crippen molar-refractivity contribution in [1.82, 2.24) is 15.1 Å². The topological polar surface area (TPSA) is 105 Å². The summed E-state index contributed by atoms with van der Waals surface area (Å²) in [6.07, 6.45) is 4.21. The molecular weight excluding hydrogens is 444 g/mol. The van der Waals surface area contributed by atoms with Gasteiger partial charge in [0.05, 0.1) is 18.5 Å². The van der Waals surface area contributed by atoms with Gasteiger partial charge in [-0.1, -0.05) is 38.8 Å². The van der Waals surface area contributed by atoms with Crippen LogP contribution in [-0.2, 0) is 11.3 Å². The summed E-state index contributed by atoms with van der Waals surface area (Å²) in [5.41, 5.74) is 3.30. The van der Waals surface area contributed by atoms with Crippen molar-refractivity contribution in [2.75, 3.05) is 12.4 Å². The van der Waals surface area contributed by atoms with Gasteiger partial charge in [-0.15, -0.1) is 0 Å². The van der Waals surface area contributed by atoms with E-state index >= 15 is 0 Å². The molecule has 1 aliphatic rings. The summed E-state index contributed by atoms with van der Waals surface area (Å²) >= 11 is 0. The zero-order valence-electron chi connectivity index (χ0n) is 20.4. The van der Waals surface area contributed by atoms with Gasteiger partial charge in [0.25, 0.3) is 0 Å². The summed E-state index contributed by atoms with van der Waals surface area (Å²) in [6.45, 7) is 3.98. The van der Waals surface area contributed by atoms with Crippen molar-refractivity contribution in [2.24, 2.45) is 5.92 Å². The van der Waals surface area contributed by atoms with E-state index in [4.69, 9.17) is 4.74 Å². The predicted octanol–water partition coefficient (Wildman–Crippen LogP) is 5.27. The zero-order chi connectivity index (χ0) is 24.9. The minimum Gasteiger partial charge on any atom is -0.507 e. The molecule has 1 aromatic heterocycles. The summed E-state index contributed by atoms with van der Waals surface area (Å²) in [6, 6.07) is 13.9. The maximum Gasteiger partial charge on any atom is 0.342 e. The molecule has 8 heteroatoms. The number of amides is 2. The quantitative estimate of drug-likeness (QED) is 0.403. The van der Waals surface area contributed by atoms with Crippen molar-refractivity contribution in [1.29, 1.82) is 0 Å². The highest BCUT2D eigenvalue weighted by Crippen LogP contribution is 2.38. The Bertz CT molecular complexity index is 1190. The van der Waals surface area contributed by atoms with E-state index in [1.165, 1.54) is 10.7 Å². The van der Waals surface area contributed by atoms with Crippen LogP contribution in [-0.4, -0.2) is 33.9 Å². The molecule has 0 unspecified atom stereocenters. The molecule has 0 radical (unpaired) electrons. The number of methoxy groups -OCH3 is 1. The van der Waals surface area contributed by atoms with Gasteiger partial charge >= 0.3 is 6.03 Å². The number of phenolic OH excluding ortho intramolecular Hbond substituents is 1. The lowest BCUT2D eigenvalue weighted by Crippen LogP contribution is -2.30. The number of nitrogens with zero attached hydrogens (tertiary/aromatic N) is 2. The number of nitrogens with one attached hydrogen (secondary N) is 2. The average Bonchev–Trinajstić information content (AvgIpc) is 3.54. The summed E-state index contributed by atoms with van der Waals surface area (Å²) in [7, 11) is 1.61. The van der Waals surface area contributed by atoms with Gasteiger partial charge in [0, 0.05) is 29.6 Å². The molecule has 1 heterocycles. The minimum absolute atomic E-state index is 0.0359. The highest BCUT2D eigenvalue weighted by molar-refractivity contribution is 5.93. The Morgan fingerprint density at radius 3 is 2.49 bits per heavy atom.